The SMILES string of the molecule is Cc1cccc(C)c1O[C@H](C)C(=O)Nc1ccc([N+](=O)[O-])cc1. The predicted octanol–water partition coefficient (Wildman–Crippen LogP) is 3.62. The molecule has 0 spiro atoms. The molecule has 6 nitrogen and oxygen atoms in total. The molecule has 0 saturated heterocycles. The highest BCUT2D eigenvalue weighted by molar-refractivity contribution is 5.94. The van der Waals surface area contributed by atoms with Gasteiger partial charge in [-0.3, -0.25) is 14.9 Å². The molecule has 6 heteroatoms. The van der Waals surface area contributed by atoms with E-state index in [1.54, 1.807) is 6.92 Å². The normalized spacial score (nSPS) is 11.6. The lowest BCUT2D eigenvalue weighted by Gasteiger charge is -2.18. The number of hydrogen-bond donors (Lipinski definition) is 1. The van der Waals surface area contributed by atoms with Gasteiger partial charge in [-0.1, -0.05) is 18.2 Å². The van der Waals surface area contributed by atoms with Gasteiger partial charge in [-0.05, 0) is 44.0 Å². The van der Waals surface area contributed by atoms with Crippen molar-refractivity contribution in [3.05, 3.63) is 63.7 Å². The average molecular weight is 314 g/mol. The quantitative estimate of drug-likeness (QED) is 0.675. The van der Waals surface area contributed by atoms with Crippen LogP contribution in [-0.2, 0) is 4.79 Å². The predicted molar refractivity (Wildman–Crippen MR) is 87.7 cm³/mol. The second-order valence-electron chi connectivity index (χ2n) is 5.27. The molecule has 23 heavy (non-hydrogen) atoms. The van der Waals surface area contributed by atoms with Crippen molar-refractivity contribution in [2.24, 2.45) is 0 Å². The monoisotopic (exact) mass is 314 g/mol. The van der Waals surface area contributed by atoms with Crippen molar-refractivity contribution in [3.8, 4) is 5.75 Å². The molecule has 0 aliphatic rings. The minimum Gasteiger partial charge on any atom is -0.480 e. The number of carbonyl (C=O) groups excluding carboxylic acids is 1. The van der Waals surface area contributed by atoms with Crippen LogP contribution < -0.4 is 10.1 Å². The smallest absolute Gasteiger partial charge is 0.269 e. The van der Waals surface area contributed by atoms with Crippen LogP contribution in [0, 0.1) is 24.0 Å². The molecule has 0 aromatic heterocycles. The fourth-order valence-electron chi connectivity index (χ4n) is 2.13. The van der Waals surface area contributed by atoms with Crippen LogP contribution in [-0.4, -0.2) is 16.9 Å². The Kier molecular flexibility index (Phi) is 4.95. The number of aryl methyl sites for hydroxylation is 2. The molecule has 1 atom stereocenters. The van der Waals surface area contributed by atoms with Gasteiger partial charge in [0.05, 0.1) is 4.92 Å². The zero-order valence-corrected chi connectivity index (χ0v) is 13.2. The van der Waals surface area contributed by atoms with E-state index in [4.69, 9.17) is 4.74 Å². The number of anilines is 1. The van der Waals surface area contributed by atoms with Crippen LogP contribution in [0.2, 0.25) is 0 Å². The van der Waals surface area contributed by atoms with E-state index in [1.807, 2.05) is 32.0 Å². The van der Waals surface area contributed by atoms with Crippen LogP contribution in [0.25, 0.3) is 0 Å². The summed E-state index contributed by atoms with van der Waals surface area (Å²) in [7, 11) is 0. The van der Waals surface area contributed by atoms with E-state index in [-0.39, 0.29) is 11.6 Å². The van der Waals surface area contributed by atoms with Crippen molar-refractivity contribution in [2.45, 2.75) is 26.9 Å². The third-order valence-electron chi connectivity index (χ3n) is 3.42. The van der Waals surface area contributed by atoms with Gasteiger partial charge in [0.1, 0.15) is 5.75 Å². The maximum absolute atomic E-state index is 12.2. The van der Waals surface area contributed by atoms with E-state index in [0.717, 1.165) is 11.1 Å². The van der Waals surface area contributed by atoms with Gasteiger partial charge in [-0.25, -0.2) is 0 Å². The van der Waals surface area contributed by atoms with Gasteiger partial charge in [0.25, 0.3) is 11.6 Å². The number of nitro groups is 1. The molecule has 1 N–H and O–H groups in total. The standard InChI is InChI=1S/C17H18N2O4/c1-11-5-4-6-12(2)16(11)23-13(3)17(20)18-14-7-9-15(10-8-14)19(21)22/h4-10,13H,1-3H3,(H,18,20)/t13-/m1/s1. The molecular weight excluding hydrogens is 296 g/mol. The summed E-state index contributed by atoms with van der Waals surface area (Å²) >= 11 is 0. The second-order valence-corrected chi connectivity index (χ2v) is 5.27. The van der Waals surface area contributed by atoms with E-state index < -0.39 is 11.0 Å². The van der Waals surface area contributed by atoms with Crippen LogP contribution in [0.4, 0.5) is 11.4 Å². The number of amides is 1. The van der Waals surface area contributed by atoms with Gasteiger partial charge < -0.3 is 10.1 Å². The van der Waals surface area contributed by atoms with E-state index in [0.29, 0.717) is 11.4 Å². The van der Waals surface area contributed by atoms with Gasteiger partial charge in [-0.2, -0.15) is 0 Å². The molecule has 120 valence electrons. The number of para-hydroxylation sites is 1. The Labute approximate surface area is 134 Å². The number of nitrogens with zero attached hydrogens (tertiary/aromatic N) is 1. The maximum atomic E-state index is 12.2. The lowest BCUT2D eigenvalue weighted by atomic mass is 10.1. The molecule has 0 heterocycles. The van der Waals surface area contributed by atoms with E-state index >= 15 is 0 Å². The van der Waals surface area contributed by atoms with E-state index in [9.17, 15) is 14.9 Å². The molecule has 0 fully saturated rings. The Morgan fingerprint density at radius 2 is 1.70 bits per heavy atom. The second kappa shape index (κ2) is 6.91. The average Bonchev–Trinajstić information content (AvgIpc) is 2.51. The Morgan fingerprint density at radius 3 is 2.22 bits per heavy atom. The largest absolute Gasteiger partial charge is 0.480 e. The number of nitro benzene ring substituents is 1. The summed E-state index contributed by atoms with van der Waals surface area (Å²) in [6, 6.07) is 11.4. The fraction of sp³-hybridized carbons (Fsp3) is 0.235. The third kappa shape index (κ3) is 4.06. The third-order valence-corrected chi connectivity index (χ3v) is 3.42. The summed E-state index contributed by atoms with van der Waals surface area (Å²) in [4.78, 5) is 22.3. The summed E-state index contributed by atoms with van der Waals surface area (Å²) in [5, 5.41) is 13.3. The zero-order chi connectivity index (χ0) is 17.0. The van der Waals surface area contributed by atoms with E-state index in [2.05, 4.69) is 5.32 Å². The number of nitrogens with one attached hydrogen (secondary N) is 1. The summed E-state index contributed by atoms with van der Waals surface area (Å²) in [5.74, 6) is 0.375. The number of rotatable bonds is 5. The molecule has 0 radical (unpaired) electrons. The van der Waals surface area contributed by atoms with Crippen molar-refractivity contribution in [2.75, 3.05) is 5.32 Å². The first-order chi connectivity index (χ1) is 10.9. The van der Waals surface area contributed by atoms with Crippen molar-refractivity contribution >= 4 is 17.3 Å². The minimum absolute atomic E-state index is 0.0252. The van der Waals surface area contributed by atoms with Crippen molar-refractivity contribution in [1.82, 2.24) is 0 Å². The van der Waals surface area contributed by atoms with Crippen molar-refractivity contribution in [1.29, 1.82) is 0 Å². The number of benzene rings is 2. The Balaban J connectivity index is 2.04. The molecular formula is C17H18N2O4. The Morgan fingerprint density at radius 1 is 1.13 bits per heavy atom. The van der Waals surface area contributed by atoms with Gasteiger partial charge in [-0.15, -0.1) is 0 Å². The first-order valence-corrected chi connectivity index (χ1v) is 7.16. The molecule has 2 aromatic carbocycles. The molecule has 0 saturated carbocycles. The van der Waals surface area contributed by atoms with Gasteiger partial charge >= 0.3 is 0 Å². The molecule has 0 bridgehead atoms. The lowest BCUT2D eigenvalue weighted by Crippen LogP contribution is -2.30. The maximum Gasteiger partial charge on any atom is 0.269 e. The highest BCUT2D eigenvalue weighted by Crippen LogP contribution is 2.24. The molecule has 0 unspecified atom stereocenters. The summed E-state index contributed by atoms with van der Waals surface area (Å²) in [6.07, 6.45) is -0.690. The van der Waals surface area contributed by atoms with Crippen LogP contribution >= 0.6 is 0 Å². The number of non-ortho nitro benzene ring substituents is 1. The van der Waals surface area contributed by atoms with Gasteiger partial charge in [0.2, 0.25) is 0 Å². The number of ether oxygens (including phenoxy) is 1. The van der Waals surface area contributed by atoms with Crippen molar-refractivity contribution in [3.63, 3.8) is 0 Å². The summed E-state index contributed by atoms with van der Waals surface area (Å²) in [6.45, 7) is 5.50. The summed E-state index contributed by atoms with van der Waals surface area (Å²) in [5.41, 5.74) is 2.38. The number of carbonyl (C=O) groups is 1. The van der Waals surface area contributed by atoms with Crippen LogP contribution in [0.1, 0.15) is 18.1 Å². The fourth-order valence-corrected chi connectivity index (χ4v) is 2.13. The number of hydrogen-bond acceptors (Lipinski definition) is 4. The molecule has 1 amide bonds. The lowest BCUT2D eigenvalue weighted by molar-refractivity contribution is -0.384. The van der Waals surface area contributed by atoms with Gasteiger partial charge in [0, 0.05) is 17.8 Å². The highest BCUT2D eigenvalue weighted by Gasteiger charge is 2.17. The first-order valence-electron chi connectivity index (χ1n) is 7.16. The molecule has 2 aromatic rings. The van der Waals surface area contributed by atoms with Crippen LogP contribution in [0.15, 0.2) is 42.5 Å². The van der Waals surface area contributed by atoms with Crippen LogP contribution in [0.5, 0.6) is 5.75 Å². The van der Waals surface area contributed by atoms with Crippen LogP contribution in [0.3, 0.4) is 0 Å². The van der Waals surface area contributed by atoms with E-state index in [1.165, 1.54) is 24.3 Å². The Bertz CT molecular complexity index is 706. The molecule has 2 rings (SSSR count). The van der Waals surface area contributed by atoms with Crippen molar-refractivity contribution < 1.29 is 14.5 Å². The molecule has 0 aliphatic heterocycles. The molecule has 0 aliphatic carbocycles. The highest BCUT2D eigenvalue weighted by atomic mass is 16.6. The summed E-state index contributed by atoms with van der Waals surface area (Å²) < 4.78 is 5.75. The zero-order valence-electron chi connectivity index (χ0n) is 13.2. The topological polar surface area (TPSA) is 81.5 Å². The van der Waals surface area contributed by atoms with Gasteiger partial charge in [0.15, 0.2) is 6.10 Å². The minimum atomic E-state index is -0.690. The Hall–Kier alpha value is -2.89. The first kappa shape index (κ1) is 16.5.